The van der Waals surface area contributed by atoms with Crippen LogP contribution in [0.2, 0.25) is 0 Å². The summed E-state index contributed by atoms with van der Waals surface area (Å²) >= 11 is 0. The molecule has 76 valence electrons. The Kier molecular flexibility index (Phi) is 2.32. The van der Waals surface area contributed by atoms with Crippen molar-refractivity contribution in [1.29, 1.82) is 0 Å². The Hall–Kier alpha value is -1.25. The minimum absolute atomic E-state index is 0.524. The van der Waals surface area contributed by atoms with E-state index in [-0.39, 0.29) is 0 Å². The van der Waals surface area contributed by atoms with Gasteiger partial charge in [0.1, 0.15) is 0 Å². The van der Waals surface area contributed by atoms with Crippen LogP contribution in [-0.2, 0) is 0 Å². The number of pyridine rings is 1. The van der Waals surface area contributed by atoms with E-state index in [2.05, 4.69) is 17.2 Å². The maximum Gasteiger partial charge on any atom is 0.214 e. The van der Waals surface area contributed by atoms with Crippen LogP contribution < -0.4 is 10.1 Å². The zero-order chi connectivity index (χ0) is 10.0. The SMILES string of the molecule is COc1cc(NCC2(C)CC2)ccn1. The second-order valence-corrected chi connectivity index (χ2v) is 4.25. The number of nitrogens with one attached hydrogen (secondary N) is 1. The van der Waals surface area contributed by atoms with Gasteiger partial charge in [-0.3, -0.25) is 0 Å². The smallest absolute Gasteiger partial charge is 0.214 e. The van der Waals surface area contributed by atoms with Crippen LogP contribution in [0.25, 0.3) is 0 Å². The number of hydrogen-bond donors (Lipinski definition) is 1. The topological polar surface area (TPSA) is 34.1 Å². The van der Waals surface area contributed by atoms with Crippen LogP contribution in [0.4, 0.5) is 5.69 Å². The van der Waals surface area contributed by atoms with Crippen LogP contribution in [0.5, 0.6) is 5.88 Å². The fraction of sp³-hybridized carbons (Fsp3) is 0.545. The molecule has 0 amide bonds. The van der Waals surface area contributed by atoms with Crippen molar-refractivity contribution in [2.45, 2.75) is 19.8 Å². The largest absolute Gasteiger partial charge is 0.481 e. The minimum atomic E-state index is 0.524. The average Bonchev–Trinajstić information content (AvgIpc) is 2.95. The van der Waals surface area contributed by atoms with Crippen molar-refractivity contribution in [3.8, 4) is 5.88 Å². The van der Waals surface area contributed by atoms with E-state index in [9.17, 15) is 0 Å². The Morgan fingerprint density at radius 1 is 1.57 bits per heavy atom. The molecule has 3 nitrogen and oxygen atoms in total. The van der Waals surface area contributed by atoms with E-state index < -0.39 is 0 Å². The highest BCUT2D eigenvalue weighted by atomic mass is 16.5. The number of nitrogens with zero attached hydrogens (tertiary/aromatic N) is 1. The van der Waals surface area contributed by atoms with E-state index in [1.165, 1.54) is 12.8 Å². The molecule has 0 bridgehead atoms. The maximum atomic E-state index is 5.05. The minimum Gasteiger partial charge on any atom is -0.481 e. The lowest BCUT2D eigenvalue weighted by Gasteiger charge is -2.11. The van der Waals surface area contributed by atoms with Crippen LogP contribution >= 0.6 is 0 Å². The van der Waals surface area contributed by atoms with Crippen molar-refractivity contribution in [1.82, 2.24) is 4.98 Å². The van der Waals surface area contributed by atoms with E-state index in [4.69, 9.17) is 4.74 Å². The molecule has 1 aromatic heterocycles. The lowest BCUT2D eigenvalue weighted by atomic mass is 10.1. The first-order valence-electron chi connectivity index (χ1n) is 4.96. The normalized spacial score (nSPS) is 17.6. The summed E-state index contributed by atoms with van der Waals surface area (Å²) in [7, 11) is 1.63. The molecule has 1 aromatic rings. The summed E-state index contributed by atoms with van der Waals surface area (Å²) in [4.78, 5) is 4.06. The molecule has 14 heavy (non-hydrogen) atoms. The van der Waals surface area contributed by atoms with Gasteiger partial charge in [0.05, 0.1) is 7.11 Å². The Labute approximate surface area is 84.5 Å². The predicted octanol–water partition coefficient (Wildman–Crippen LogP) is 2.30. The molecule has 1 aliphatic carbocycles. The molecule has 0 unspecified atom stereocenters. The van der Waals surface area contributed by atoms with Crippen molar-refractivity contribution in [3.05, 3.63) is 18.3 Å². The highest BCUT2D eigenvalue weighted by molar-refractivity contribution is 5.45. The monoisotopic (exact) mass is 192 g/mol. The number of rotatable bonds is 4. The van der Waals surface area contributed by atoms with Crippen molar-refractivity contribution < 1.29 is 4.74 Å². The number of anilines is 1. The van der Waals surface area contributed by atoms with E-state index in [0.29, 0.717) is 11.3 Å². The number of hydrogen-bond acceptors (Lipinski definition) is 3. The molecular weight excluding hydrogens is 176 g/mol. The number of ether oxygens (including phenoxy) is 1. The number of methoxy groups -OCH3 is 1. The molecule has 0 spiro atoms. The summed E-state index contributed by atoms with van der Waals surface area (Å²) in [5.41, 5.74) is 1.61. The van der Waals surface area contributed by atoms with Gasteiger partial charge < -0.3 is 10.1 Å². The lowest BCUT2D eigenvalue weighted by Crippen LogP contribution is -2.11. The predicted molar refractivity (Wildman–Crippen MR) is 56.6 cm³/mol. The van der Waals surface area contributed by atoms with Gasteiger partial charge in [-0.15, -0.1) is 0 Å². The van der Waals surface area contributed by atoms with Gasteiger partial charge in [-0.2, -0.15) is 0 Å². The van der Waals surface area contributed by atoms with Gasteiger partial charge >= 0.3 is 0 Å². The van der Waals surface area contributed by atoms with Gasteiger partial charge in [0.15, 0.2) is 0 Å². The quantitative estimate of drug-likeness (QED) is 0.794. The van der Waals surface area contributed by atoms with Crippen LogP contribution in [0.1, 0.15) is 19.8 Å². The third-order valence-electron chi connectivity index (χ3n) is 2.77. The van der Waals surface area contributed by atoms with Crippen molar-refractivity contribution in [3.63, 3.8) is 0 Å². The third-order valence-corrected chi connectivity index (χ3v) is 2.77. The molecule has 0 aromatic carbocycles. The van der Waals surface area contributed by atoms with Crippen molar-refractivity contribution >= 4 is 5.69 Å². The number of aromatic nitrogens is 1. The molecular formula is C11H16N2O. The van der Waals surface area contributed by atoms with Crippen LogP contribution in [0.15, 0.2) is 18.3 Å². The van der Waals surface area contributed by atoms with E-state index in [1.54, 1.807) is 13.3 Å². The van der Waals surface area contributed by atoms with Gasteiger partial charge in [0.25, 0.3) is 0 Å². The molecule has 0 radical (unpaired) electrons. The Balaban J connectivity index is 1.94. The van der Waals surface area contributed by atoms with Crippen LogP contribution in [0.3, 0.4) is 0 Å². The first kappa shape index (κ1) is 9.31. The van der Waals surface area contributed by atoms with Gasteiger partial charge in [0, 0.05) is 24.5 Å². The van der Waals surface area contributed by atoms with E-state index >= 15 is 0 Å². The molecule has 0 saturated heterocycles. The highest BCUT2D eigenvalue weighted by Gasteiger charge is 2.36. The molecule has 2 rings (SSSR count). The average molecular weight is 192 g/mol. The first-order chi connectivity index (χ1) is 6.72. The van der Waals surface area contributed by atoms with Crippen LogP contribution in [0, 0.1) is 5.41 Å². The summed E-state index contributed by atoms with van der Waals surface area (Å²) in [5.74, 6) is 0.663. The Morgan fingerprint density at radius 2 is 2.36 bits per heavy atom. The van der Waals surface area contributed by atoms with Gasteiger partial charge in [-0.25, -0.2) is 4.98 Å². The highest BCUT2D eigenvalue weighted by Crippen LogP contribution is 2.44. The fourth-order valence-electron chi connectivity index (χ4n) is 1.34. The second-order valence-electron chi connectivity index (χ2n) is 4.25. The maximum absolute atomic E-state index is 5.05. The zero-order valence-corrected chi connectivity index (χ0v) is 8.71. The standard InChI is InChI=1S/C11H16N2O/c1-11(4-5-11)8-13-9-3-6-12-10(7-9)14-2/h3,6-7H,4-5,8H2,1-2H3,(H,12,13). The molecule has 0 atom stereocenters. The summed E-state index contributed by atoms with van der Waals surface area (Å²) in [6, 6.07) is 3.89. The third kappa shape index (κ3) is 2.16. The summed E-state index contributed by atoms with van der Waals surface area (Å²) in [5, 5.41) is 3.40. The van der Waals surface area contributed by atoms with Gasteiger partial charge in [-0.1, -0.05) is 6.92 Å². The Bertz CT molecular complexity index is 321. The van der Waals surface area contributed by atoms with Crippen molar-refractivity contribution in [2.75, 3.05) is 19.0 Å². The van der Waals surface area contributed by atoms with Crippen LogP contribution in [-0.4, -0.2) is 18.6 Å². The fourth-order valence-corrected chi connectivity index (χ4v) is 1.34. The van der Waals surface area contributed by atoms with Gasteiger partial charge in [-0.05, 0) is 24.3 Å². The molecule has 3 heteroatoms. The summed E-state index contributed by atoms with van der Waals surface area (Å²) < 4.78 is 5.05. The van der Waals surface area contributed by atoms with E-state index in [0.717, 1.165) is 12.2 Å². The summed E-state index contributed by atoms with van der Waals surface area (Å²) in [6.07, 6.45) is 4.43. The van der Waals surface area contributed by atoms with Crippen molar-refractivity contribution in [2.24, 2.45) is 5.41 Å². The molecule has 1 heterocycles. The second kappa shape index (κ2) is 3.48. The Morgan fingerprint density at radius 3 is 3.00 bits per heavy atom. The molecule has 1 N–H and O–H groups in total. The van der Waals surface area contributed by atoms with Gasteiger partial charge in [0.2, 0.25) is 5.88 Å². The molecule has 1 aliphatic rings. The summed E-state index contributed by atoms with van der Waals surface area (Å²) in [6.45, 7) is 3.35. The first-order valence-corrected chi connectivity index (χ1v) is 4.96. The molecule has 1 saturated carbocycles. The zero-order valence-electron chi connectivity index (χ0n) is 8.71. The molecule has 0 aliphatic heterocycles. The lowest BCUT2D eigenvalue weighted by molar-refractivity contribution is 0.398. The molecule has 1 fully saturated rings. The van der Waals surface area contributed by atoms with E-state index in [1.807, 2.05) is 12.1 Å².